The first-order valence-electron chi connectivity index (χ1n) is 6.45. The van der Waals surface area contributed by atoms with Gasteiger partial charge in [0.1, 0.15) is 0 Å². The van der Waals surface area contributed by atoms with Crippen LogP contribution in [-0.4, -0.2) is 47.2 Å². The fourth-order valence-corrected chi connectivity index (χ4v) is 10.3. The third kappa shape index (κ3) is 27.8. The van der Waals surface area contributed by atoms with Crippen molar-refractivity contribution in [2.75, 3.05) is 0 Å². The van der Waals surface area contributed by atoms with E-state index in [2.05, 4.69) is 45.8 Å². The van der Waals surface area contributed by atoms with Crippen LogP contribution in [0.3, 0.4) is 0 Å². The zero-order chi connectivity index (χ0) is 15.0. The number of carboxylic acid groups (broad SMARTS) is 1. The molecule has 4 nitrogen and oxygen atoms in total. The molecule has 0 aliphatic carbocycles. The topological polar surface area (TPSA) is 55.8 Å². The summed E-state index contributed by atoms with van der Waals surface area (Å²) in [7, 11) is -3.04. The zero-order valence-corrected chi connectivity index (χ0v) is 19.7. The molecular formula is C10H30CoO4Si4. The van der Waals surface area contributed by atoms with Gasteiger partial charge in [-0.3, -0.25) is 4.79 Å². The Morgan fingerprint density at radius 2 is 1.42 bits per heavy atom. The molecule has 0 rings (SSSR count). The summed E-state index contributed by atoms with van der Waals surface area (Å²) in [5.41, 5.74) is 0. The van der Waals surface area contributed by atoms with Gasteiger partial charge in [0.05, 0.1) is 0 Å². The van der Waals surface area contributed by atoms with E-state index in [1.165, 1.54) is 0 Å². The molecule has 0 saturated heterocycles. The van der Waals surface area contributed by atoms with E-state index in [9.17, 15) is 4.79 Å². The normalized spacial score (nSPS) is 11.6. The first-order valence-corrected chi connectivity index (χ1v) is 16.8. The van der Waals surface area contributed by atoms with E-state index in [1.54, 1.807) is 0 Å². The van der Waals surface area contributed by atoms with Crippen LogP contribution in [0.15, 0.2) is 0 Å². The molecule has 0 bridgehead atoms. The third-order valence-electron chi connectivity index (χ3n) is 1.50. The van der Waals surface area contributed by atoms with Crippen LogP contribution in [0.4, 0.5) is 0 Å². The minimum atomic E-state index is -1.36. The van der Waals surface area contributed by atoms with Crippen LogP contribution in [0.1, 0.15) is 6.42 Å². The second-order valence-electron chi connectivity index (χ2n) is 6.17. The van der Waals surface area contributed by atoms with E-state index in [4.69, 9.17) is 13.3 Å². The Morgan fingerprint density at radius 1 is 1.11 bits per heavy atom. The van der Waals surface area contributed by atoms with Crippen molar-refractivity contribution >= 4 is 42.1 Å². The Hall–Kier alpha value is 0.764. The summed E-state index contributed by atoms with van der Waals surface area (Å²) in [6.07, 6.45) is 0.353. The van der Waals surface area contributed by atoms with Gasteiger partial charge in [0.2, 0.25) is 0 Å². The third-order valence-corrected chi connectivity index (χ3v) is 10.3. The van der Waals surface area contributed by atoms with Gasteiger partial charge in [-0.25, -0.2) is 0 Å². The van der Waals surface area contributed by atoms with Gasteiger partial charge in [-0.2, -0.15) is 0 Å². The van der Waals surface area contributed by atoms with Crippen LogP contribution in [0.2, 0.25) is 51.9 Å². The van der Waals surface area contributed by atoms with Gasteiger partial charge in [0.15, 0.2) is 16.6 Å². The second-order valence-corrected chi connectivity index (χ2v) is 18.6. The molecule has 9 heteroatoms. The fourth-order valence-electron chi connectivity index (χ4n) is 1.23. The zero-order valence-electron chi connectivity index (χ0n) is 13.5. The average molecular weight is 386 g/mol. The molecule has 1 N–H and O–H groups in total. The maximum Gasteiger partial charge on any atom is 0.303 e. The Labute approximate surface area is 135 Å². The summed E-state index contributed by atoms with van der Waals surface area (Å²) >= 11 is 0. The number of aliphatic carboxylic acids is 1. The van der Waals surface area contributed by atoms with Crippen LogP contribution >= 0.6 is 0 Å². The summed E-state index contributed by atoms with van der Waals surface area (Å²) in [6.45, 7) is 15.4. The number of carbonyl (C=O) groups is 1. The molecule has 0 aromatic carbocycles. The maximum absolute atomic E-state index is 9.62. The molecule has 119 valence electrons. The van der Waals surface area contributed by atoms with Gasteiger partial charge < -0.3 is 13.3 Å². The first-order chi connectivity index (χ1) is 7.87. The molecule has 19 heavy (non-hydrogen) atoms. The summed E-state index contributed by atoms with van der Waals surface area (Å²) in [5.74, 6) is -0.676. The van der Waals surface area contributed by atoms with Crippen LogP contribution in [0.5, 0.6) is 0 Å². The van der Waals surface area contributed by atoms with Gasteiger partial charge in [0.25, 0.3) is 9.28 Å². The fraction of sp³-hybridized carbons (Fsp3) is 0.900. The van der Waals surface area contributed by atoms with Crippen LogP contribution in [0, 0.1) is 0 Å². The van der Waals surface area contributed by atoms with Crippen LogP contribution in [0.25, 0.3) is 0 Å². The average Bonchev–Trinajstić information content (AvgIpc) is 1.95. The monoisotopic (exact) mass is 385 g/mol. The van der Waals surface area contributed by atoms with Crippen molar-refractivity contribution in [3.63, 3.8) is 0 Å². The quantitative estimate of drug-likeness (QED) is 0.708. The van der Waals surface area contributed by atoms with E-state index in [-0.39, 0.29) is 16.8 Å². The second kappa shape index (κ2) is 11.4. The SMILES string of the molecule is C[SiH](O[Si](C)(C)C)O[Si](C)(C)C.O=C(O)CC[SiH3].[Co]. The Bertz CT molecular complexity index is 225. The molecule has 0 spiro atoms. The Morgan fingerprint density at radius 3 is 1.53 bits per heavy atom. The van der Waals surface area contributed by atoms with Gasteiger partial charge >= 0.3 is 5.97 Å². The maximum atomic E-state index is 9.62. The molecule has 0 aromatic heterocycles. The molecule has 1 radical (unpaired) electrons. The van der Waals surface area contributed by atoms with Crippen LogP contribution < -0.4 is 0 Å². The molecule has 0 aliphatic rings. The Kier molecular flexibility index (Phi) is 14.9. The van der Waals surface area contributed by atoms with Crippen molar-refractivity contribution in [1.82, 2.24) is 0 Å². The number of hydrogen-bond acceptors (Lipinski definition) is 3. The summed E-state index contributed by atoms with van der Waals surface area (Å²) < 4.78 is 11.8. The first kappa shape index (κ1) is 24.8. The smallest absolute Gasteiger partial charge is 0.303 e. The molecule has 0 aromatic rings. The van der Waals surface area contributed by atoms with Crippen molar-refractivity contribution in [2.45, 2.75) is 58.3 Å². The van der Waals surface area contributed by atoms with Crippen molar-refractivity contribution in [3.8, 4) is 0 Å². The minimum absolute atomic E-state index is 0. The molecule has 0 unspecified atom stereocenters. The van der Waals surface area contributed by atoms with Gasteiger partial charge in [-0.1, -0.05) is 6.04 Å². The number of rotatable bonds is 6. The predicted molar refractivity (Wildman–Crippen MR) is 88.9 cm³/mol. The molecule has 0 aliphatic heterocycles. The van der Waals surface area contributed by atoms with Crippen molar-refractivity contribution in [1.29, 1.82) is 0 Å². The van der Waals surface area contributed by atoms with E-state index < -0.39 is 31.9 Å². The van der Waals surface area contributed by atoms with Gasteiger partial charge in [-0.15, -0.1) is 0 Å². The van der Waals surface area contributed by atoms with Gasteiger partial charge in [-0.05, 0) is 45.8 Å². The summed E-state index contributed by atoms with van der Waals surface area (Å²) in [5, 5.41) is 7.94. The molecule has 0 fully saturated rings. The molecule has 0 heterocycles. The van der Waals surface area contributed by atoms with Crippen molar-refractivity contribution in [3.05, 3.63) is 0 Å². The van der Waals surface area contributed by atoms with Crippen molar-refractivity contribution < 1.29 is 34.9 Å². The largest absolute Gasteiger partial charge is 0.481 e. The summed E-state index contributed by atoms with van der Waals surface area (Å²) in [4.78, 5) is 9.62. The van der Waals surface area contributed by atoms with E-state index in [0.717, 1.165) is 16.3 Å². The number of carboxylic acids is 1. The van der Waals surface area contributed by atoms with Gasteiger partial charge in [0, 0.05) is 33.4 Å². The molecule has 0 atom stereocenters. The van der Waals surface area contributed by atoms with E-state index in [0.29, 0.717) is 6.42 Å². The summed E-state index contributed by atoms with van der Waals surface area (Å²) in [6, 6.07) is 0.870. The molecule has 0 amide bonds. The molecule has 0 saturated carbocycles. The van der Waals surface area contributed by atoms with Crippen LogP contribution in [-0.2, 0) is 29.8 Å². The number of hydrogen-bond donors (Lipinski definition) is 1. The Balaban J connectivity index is -0.000000313. The van der Waals surface area contributed by atoms with E-state index >= 15 is 0 Å². The van der Waals surface area contributed by atoms with E-state index in [1.807, 2.05) is 0 Å². The van der Waals surface area contributed by atoms with Crippen molar-refractivity contribution in [2.24, 2.45) is 0 Å². The molecular weight excluding hydrogens is 355 g/mol. The predicted octanol–water partition coefficient (Wildman–Crippen LogP) is 1.78. The minimum Gasteiger partial charge on any atom is -0.481 e. The standard InChI is InChI=1S/C7H22O2Si3.C3H8O2Si.Co/c1-10(8-11(2,3)4)9-12(5,6)7;4-3(5)1-2-6;/h10H,1-7H3;1-2H2,6H3,(H,4,5);.